The van der Waals surface area contributed by atoms with E-state index in [2.05, 4.69) is 39.0 Å². The average molecular weight is 382 g/mol. The number of ether oxygens (including phenoxy) is 1. The summed E-state index contributed by atoms with van der Waals surface area (Å²) in [5, 5.41) is 9.80. The summed E-state index contributed by atoms with van der Waals surface area (Å²) in [4.78, 5) is 12.0. The number of rotatable bonds is 8. The van der Waals surface area contributed by atoms with Crippen LogP contribution in [0.3, 0.4) is 0 Å². The largest absolute Gasteiger partial charge is 0.483 e. The van der Waals surface area contributed by atoms with Crippen molar-refractivity contribution in [2.45, 2.75) is 64.0 Å². The molecule has 1 saturated carbocycles. The number of hydrogen-bond acceptors (Lipinski definition) is 3. The quantitative estimate of drug-likeness (QED) is 0.655. The molecule has 1 aliphatic rings. The zero-order valence-electron chi connectivity index (χ0n) is 17.2. The van der Waals surface area contributed by atoms with Gasteiger partial charge in [0.25, 0.3) is 0 Å². The highest BCUT2D eigenvalue weighted by Gasteiger charge is 2.42. The van der Waals surface area contributed by atoms with Gasteiger partial charge in [-0.3, -0.25) is 4.79 Å². The summed E-state index contributed by atoms with van der Waals surface area (Å²) >= 11 is 0. The van der Waals surface area contributed by atoms with Crippen molar-refractivity contribution in [2.24, 2.45) is 11.7 Å². The van der Waals surface area contributed by atoms with Crippen LogP contribution in [0.5, 0.6) is 5.75 Å². The first-order valence-electron chi connectivity index (χ1n) is 10.1. The minimum absolute atomic E-state index is 0.256. The van der Waals surface area contributed by atoms with Gasteiger partial charge in [0.2, 0.25) is 0 Å². The van der Waals surface area contributed by atoms with Gasteiger partial charge in [0.15, 0.2) is 11.6 Å². The lowest BCUT2D eigenvalue weighted by molar-refractivity contribution is -0.146. The summed E-state index contributed by atoms with van der Waals surface area (Å²) in [6.07, 6.45) is 1.67. The molecule has 0 bridgehead atoms. The maximum absolute atomic E-state index is 12.0. The molecule has 0 radical (unpaired) electrons. The standard InChI is InChI=1S/C24H31NO3/c1-15(2)19-11-8-12-20(16(3)17-13-14-17)21(19)28-22(24(4,25)23(26)27)18-9-6-5-7-10-18/h5-12,15-17,22H,13-14,25H2,1-4H3,(H,26,27)/t16-,22?,24+/m1/s1. The van der Waals surface area contributed by atoms with E-state index in [1.165, 1.54) is 19.8 Å². The number of benzene rings is 2. The van der Waals surface area contributed by atoms with Crippen LogP contribution in [0.25, 0.3) is 0 Å². The second-order valence-corrected chi connectivity index (χ2v) is 8.54. The van der Waals surface area contributed by atoms with Gasteiger partial charge < -0.3 is 15.6 Å². The van der Waals surface area contributed by atoms with E-state index in [4.69, 9.17) is 10.5 Å². The monoisotopic (exact) mass is 381 g/mol. The molecular formula is C24H31NO3. The van der Waals surface area contributed by atoms with Crippen LogP contribution in [-0.2, 0) is 4.79 Å². The molecule has 0 aromatic heterocycles. The van der Waals surface area contributed by atoms with Gasteiger partial charge in [0.05, 0.1) is 0 Å². The highest BCUT2D eigenvalue weighted by Crippen LogP contribution is 2.47. The lowest BCUT2D eigenvalue weighted by atomic mass is 9.88. The summed E-state index contributed by atoms with van der Waals surface area (Å²) in [7, 11) is 0. The van der Waals surface area contributed by atoms with Gasteiger partial charge in [0.1, 0.15) is 5.75 Å². The zero-order valence-corrected chi connectivity index (χ0v) is 17.2. The van der Waals surface area contributed by atoms with Gasteiger partial charge in [-0.2, -0.15) is 0 Å². The first kappa shape index (κ1) is 20.4. The van der Waals surface area contributed by atoms with Crippen LogP contribution in [0, 0.1) is 5.92 Å². The van der Waals surface area contributed by atoms with Crippen molar-refractivity contribution in [3.05, 3.63) is 65.2 Å². The van der Waals surface area contributed by atoms with Crippen LogP contribution in [0.1, 0.15) is 75.2 Å². The fourth-order valence-electron chi connectivity index (χ4n) is 3.77. The molecule has 2 aromatic rings. The SMILES string of the molecule is CC(C)c1cccc([C@H](C)C2CC2)c1OC(c1ccccc1)[C@](C)(N)C(=O)O. The van der Waals surface area contributed by atoms with Crippen LogP contribution < -0.4 is 10.5 Å². The van der Waals surface area contributed by atoms with E-state index < -0.39 is 17.6 Å². The lowest BCUT2D eigenvalue weighted by Gasteiger charge is -2.33. The molecule has 0 heterocycles. The van der Waals surface area contributed by atoms with E-state index in [9.17, 15) is 9.90 Å². The third-order valence-corrected chi connectivity index (χ3v) is 5.86. The molecule has 4 heteroatoms. The molecule has 3 atom stereocenters. The maximum Gasteiger partial charge on any atom is 0.327 e. The molecule has 1 aliphatic carbocycles. The molecule has 4 nitrogen and oxygen atoms in total. The van der Waals surface area contributed by atoms with Gasteiger partial charge in [-0.15, -0.1) is 0 Å². The van der Waals surface area contributed by atoms with Crippen molar-refractivity contribution in [2.75, 3.05) is 0 Å². The van der Waals surface area contributed by atoms with Gasteiger partial charge in [-0.1, -0.05) is 69.3 Å². The first-order chi connectivity index (χ1) is 13.2. The summed E-state index contributed by atoms with van der Waals surface area (Å²) in [6, 6.07) is 15.7. The van der Waals surface area contributed by atoms with Gasteiger partial charge >= 0.3 is 5.97 Å². The molecule has 0 aliphatic heterocycles. The Balaban J connectivity index is 2.11. The van der Waals surface area contributed by atoms with Gasteiger partial charge in [-0.05, 0) is 54.2 Å². The van der Waals surface area contributed by atoms with E-state index in [1.54, 1.807) is 0 Å². The third-order valence-electron chi connectivity index (χ3n) is 5.86. The topological polar surface area (TPSA) is 72.5 Å². The minimum Gasteiger partial charge on any atom is -0.483 e. The molecule has 28 heavy (non-hydrogen) atoms. The maximum atomic E-state index is 12.0. The number of para-hydroxylation sites is 1. The molecular weight excluding hydrogens is 350 g/mol. The Morgan fingerprint density at radius 3 is 2.21 bits per heavy atom. The lowest BCUT2D eigenvalue weighted by Crippen LogP contribution is -2.52. The number of aliphatic carboxylic acids is 1. The number of carboxylic acids is 1. The van der Waals surface area contributed by atoms with Gasteiger partial charge in [-0.25, -0.2) is 0 Å². The first-order valence-corrected chi connectivity index (χ1v) is 10.1. The van der Waals surface area contributed by atoms with Crippen LogP contribution in [-0.4, -0.2) is 16.6 Å². The number of nitrogens with two attached hydrogens (primary N) is 1. The van der Waals surface area contributed by atoms with Crippen LogP contribution in [0.15, 0.2) is 48.5 Å². The molecule has 0 saturated heterocycles. The predicted molar refractivity (Wildman–Crippen MR) is 112 cm³/mol. The fourth-order valence-corrected chi connectivity index (χ4v) is 3.77. The molecule has 150 valence electrons. The van der Waals surface area contributed by atoms with Crippen molar-refractivity contribution in [3.63, 3.8) is 0 Å². The van der Waals surface area contributed by atoms with Crippen molar-refractivity contribution >= 4 is 5.97 Å². The highest BCUT2D eigenvalue weighted by molar-refractivity contribution is 5.79. The van der Waals surface area contributed by atoms with Crippen molar-refractivity contribution < 1.29 is 14.6 Å². The van der Waals surface area contributed by atoms with Crippen molar-refractivity contribution in [1.29, 1.82) is 0 Å². The zero-order chi connectivity index (χ0) is 20.5. The van der Waals surface area contributed by atoms with Crippen molar-refractivity contribution in [3.8, 4) is 5.75 Å². The Hall–Kier alpha value is -2.33. The number of carbonyl (C=O) groups is 1. The second kappa shape index (κ2) is 7.96. The summed E-state index contributed by atoms with van der Waals surface area (Å²) in [5.74, 6) is 1.01. The molecule has 1 fully saturated rings. The molecule has 0 amide bonds. The highest BCUT2D eigenvalue weighted by atomic mass is 16.5. The van der Waals surface area contributed by atoms with Crippen LogP contribution >= 0.6 is 0 Å². The number of carboxylic acid groups (broad SMARTS) is 1. The second-order valence-electron chi connectivity index (χ2n) is 8.54. The number of hydrogen-bond donors (Lipinski definition) is 2. The van der Waals surface area contributed by atoms with E-state index in [-0.39, 0.29) is 5.92 Å². The van der Waals surface area contributed by atoms with Crippen LogP contribution in [0.4, 0.5) is 0 Å². The molecule has 3 N–H and O–H groups in total. The Labute approximate surface area is 167 Å². The Morgan fingerprint density at radius 1 is 1.07 bits per heavy atom. The third kappa shape index (κ3) is 4.07. The molecule has 2 aromatic carbocycles. The average Bonchev–Trinajstić information content (AvgIpc) is 3.50. The molecule has 3 rings (SSSR count). The van der Waals surface area contributed by atoms with Crippen LogP contribution in [0.2, 0.25) is 0 Å². The summed E-state index contributed by atoms with van der Waals surface area (Å²) < 4.78 is 6.54. The van der Waals surface area contributed by atoms with E-state index in [1.807, 2.05) is 30.3 Å². The minimum atomic E-state index is -1.56. The van der Waals surface area contributed by atoms with E-state index in [0.717, 1.165) is 22.4 Å². The van der Waals surface area contributed by atoms with Crippen molar-refractivity contribution in [1.82, 2.24) is 0 Å². The fraction of sp³-hybridized carbons (Fsp3) is 0.458. The molecule has 0 spiro atoms. The molecule has 1 unspecified atom stereocenters. The smallest absolute Gasteiger partial charge is 0.327 e. The summed E-state index contributed by atoms with van der Waals surface area (Å²) in [5.41, 5.74) is 7.72. The van der Waals surface area contributed by atoms with E-state index in [0.29, 0.717) is 11.8 Å². The Bertz CT molecular complexity index is 825. The Kier molecular flexibility index (Phi) is 5.80. The van der Waals surface area contributed by atoms with Gasteiger partial charge in [0, 0.05) is 0 Å². The normalized spacial score (nSPS) is 18.4. The summed E-state index contributed by atoms with van der Waals surface area (Å²) in [6.45, 7) is 8.02. The predicted octanol–water partition coefficient (Wildman–Crippen LogP) is 5.25. The Morgan fingerprint density at radius 2 is 1.68 bits per heavy atom. The van der Waals surface area contributed by atoms with E-state index >= 15 is 0 Å².